The van der Waals surface area contributed by atoms with Crippen LogP contribution in [0.5, 0.6) is 11.7 Å². The van der Waals surface area contributed by atoms with Gasteiger partial charge in [-0.2, -0.15) is 0 Å². The summed E-state index contributed by atoms with van der Waals surface area (Å²) in [7, 11) is 0. The molecule has 1 aromatic carbocycles. The Morgan fingerprint density at radius 2 is 1.79 bits per heavy atom. The Morgan fingerprint density at radius 3 is 2.36 bits per heavy atom. The molecule has 2 nitrogen and oxygen atoms in total. The van der Waals surface area contributed by atoms with Gasteiger partial charge >= 0.3 is 0 Å². The number of hydrogen-bond acceptors (Lipinski definition) is 2. The van der Waals surface area contributed by atoms with E-state index in [1.54, 1.807) is 30.3 Å². The van der Waals surface area contributed by atoms with Crippen LogP contribution in [0.4, 0.5) is 0 Å². The highest BCUT2D eigenvalue weighted by Crippen LogP contribution is 2.28. The first-order valence-corrected chi connectivity index (χ1v) is 4.67. The van der Waals surface area contributed by atoms with Crippen LogP contribution < -0.4 is 4.74 Å². The highest BCUT2D eigenvalue weighted by molar-refractivity contribution is 6.34. The third kappa shape index (κ3) is 2.22. The molecular formula is C10H6Cl2O2. The van der Waals surface area contributed by atoms with Crippen molar-refractivity contribution in [3.8, 4) is 11.7 Å². The minimum Gasteiger partial charge on any atom is -0.434 e. The summed E-state index contributed by atoms with van der Waals surface area (Å²) in [6.07, 6.45) is 1.53. The number of furan rings is 1. The van der Waals surface area contributed by atoms with Gasteiger partial charge in [-0.05, 0) is 24.3 Å². The third-order valence-corrected chi connectivity index (χ3v) is 1.99. The Kier molecular flexibility index (Phi) is 2.66. The molecule has 0 bridgehead atoms. The van der Waals surface area contributed by atoms with Gasteiger partial charge in [-0.3, -0.25) is 0 Å². The van der Waals surface area contributed by atoms with Crippen molar-refractivity contribution in [2.75, 3.05) is 0 Å². The van der Waals surface area contributed by atoms with Gasteiger partial charge in [-0.25, -0.2) is 0 Å². The summed E-state index contributed by atoms with van der Waals surface area (Å²) < 4.78 is 10.4. The normalized spacial score (nSPS) is 10.1. The monoisotopic (exact) mass is 228 g/mol. The molecule has 2 rings (SSSR count). The van der Waals surface area contributed by atoms with Crippen LogP contribution in [0, 0.1) is 0 Å². The van der Waals surface area contributed by atoms with Crippen LogP contribution in [0.1, 0.15) is 0 Å². The van der Waals surface area contributed by atoms with Crippen LogP contribution in [0.2, 0.25) is 10.0 Å². The molecule has 0 saturated heterocycles. The average molecular weight is 229 g/mol. The van der Waals surface area contributed by atoms with Crippen LogP contribution in [-0.4, -0.2) is 0 Å². The van der Waals surface area contributed by atoms with E-state index >= 15 is 0 Å². The summed E-state index contributed by atoms with van der Waals surface area (Å²) in [5, 5.41) is 1.05. The Labute approximate surface area is 91.0 Å². The average Bonchev–Trinajstić information content (AvgIpc) is 2.54. The molecule has 0 spiro atoms. The largest absolute Gasteiger partial charge is 0.434 e. The second-order valence-electron chi connectivity index (χ2n) is 2.64. The molecule has 0 saturated carbocycles. The molecule has 0 N–H and O–H groups in total. The quantitative estimate of drug-likeness (QED) is 0.762. The lowest BCUT2D eigenvalue weighted by Gasteiger charge is -2.02. The zero-order valence-corrected chi connectivity index (χ0v) is 8.55. The molecule has 4 heteroatoms. The van der Waals surface area contributed by atoms with Crippen molar-refractivity contribution in [3.63, 3.8) is 0 Å². The minimum absolute atomic E-state index is 0.406. The second-order valence-corrected chi connectivity index (χ2v) is 3.51. The van der Waals surface area contributed by atoms with E-state index in [1.165, 1.54) is 6.26 Å². The molecule has 14 heavy (non-hydrogen) atoms. The fourth-order valence-electron chi connectivity index (χ4n) is 1.03. The van der Waals surface area contributed by atoms with E-state index in [0.29, 0.717) is 21.7 Å². The smallest absolute Gasteiger partial charge is 0.289 e. The van der Waals surface area contributed by atoms with Crippen LogP contribution in [0.25, 0.3) is 0 Å². The Morgan fingerprint density at radius 1 is 1.07 bits per heavy atom. The van der Waals surface area contributed by atoms with Crippen molar-refractivity contribution in [3.05, 3.63) is 46.6 Å². The summed E-state index contributed by atoms with van der Waals surface area (Å²) in [6.45, 7) is 0. The maximum Gasteiger partial charge on any atom is 0.289 e. The number of benzene rings is 1. The van der Waals surface area contributed by atoms with Crippen LogP contribution in [0.15, 0.2) is 41.0 Å². The van der Waals surface area contributed by atoms with Gasteiger partial charge in [-0.1, -0.05) is 23.2 Å². The first-order chi connectivity index (χ1) is 6.74. The zero-order valence-electron chi connectivity index (χ0n) is 7.04. The van der Waals surface area contributed by atoms with Gasteiger partial charge < -0.3 is 9.15 Å². The van der Waals surface area contributed by atoms with Crippen molar-refractivity contribution in [1.82, 2.24) is 0 Å². The van der Waals surface area contributed by atoms with Crippen LogP contribution in [0.3, 0.4) is 0 Å². The van der Waals surface area contributed by atoms with E-state index in [1.807, 2.05) is 0 Å². The molecule has 0 aliphatic rings. The zero-order chi connectivity index (χ0) is 9.97. The Balaban J connectivity index is 2.25. The molecule has 2 aromatic rings. The fraction of sp³-hybridized carbons (Fsp3) is 0. The van der Waals surface area contributed by atoms with E-state index in [9.17, 15) is 0 Å². The van der Waals surface area contributed by atoms with Crippen LogP contribution >= 0.6 is 23.2 Å². The summed E-state index contributed by atoms with van der Waals surface area (Å²) in [5.74, 6) is 0.959. The standard InChI is InChI=1S/C10H6Cl2O2/c11-7-4-8(12)6-9(5-7)14-10-2-1-3-13-10/h1-6H. The number of halogens is 2. The van der Waals surface area contributed by atoms with Crippen molar-refractivity contribution in [2.45, 2.75) is 0 Å². The Hall–Kier alpha value is -1.12. The number of ether oxygens (including phenoxy) is 1. The molecule has 0 amide bonds. The van der Waals surface area contributed by atoms with Gasteiger partial charge in [0.05, 0.1) is 6.26 Å². The summed E-state index contributed by atoms with van der Waals surface area (Å²) in [4.78, 5) is 0. The maximum atomic E-state index is 5.80. The minimum atomic E-state index is 0.406. The van der Waals surface area contributed by atoms with E-state index in [2.05, 4.69) is 0 Å². The Bertz CT molecular complexity index is 403. The number of rotatable bonds is 2. The van der Waals surface area contributed by atoms with E-state index in [-0.39, 0.29) is 0 Å². The van der Waals surface area contributed by atoms with Crippen molar-refractivity contribution in [2.24, 2.45) is 0 Å². The fourth-order valence-corrected chi connectivity index (χ4v) is 1.53. The molecule has 72 valence electrons. The van der Waals surface area contributed by atoms with Crippen molar-refractivity contribution in [1.29, 1.82) is 0 Å². The van der Waals surface area contributed by atoms with Crippen molar-refractivity contribution < 1.29 is 9.15 Å². The first-order valence-electron chi connectivity index (χ1n) is 3.91. The molecule has 0 aliphatic carbocycles. The molecule has 1 heterocycles. The predicted molar refractivity (Wildman–Crippen MR) is 55.2 cm³/mol. The summed E-state index contributed by atoms with van der Waals surface area (Å²) in [5.41, 5.74) is 0. The van der Waals surface area contributed by atoms with Gasteiger partial charge in [0.1, 0.15) is 5.75 Å². The van der Waals surface area contributed by atoms with E-state index in [0.717, 1.165) is 0 Å². The highest BCUT2D eigenvalue weighted by Gasteiger charge is 2.02. The predicted octanol–water partition coefficient (Wildman–Crippen LogP) is 4.38. The molecule has 0 aliphatic heterocycles. The molecule has 1 aromatic heterocycles. The maximum absolute atomic E-state index is 5.80. The highest BCUT2D eigenvalue weighted by atomic mass is 35.5. The van der Waals surface area contributed by atoms with Crippen molar-refractivity contribution >= 4 is 23.2 Å². The van der Waals surface area contributed by atoms with Gasteiger partial charge in [0, 0.05) is 16.1 Å². The molecule has 0 unspecified atom stereocenters. The summed E-state index contributed by atoms with van der Waals surface area (Å²) in [6, 6.07) is 8.40. The topological polar surface area (TPSA) is 22.4 Å². The van der Waals surface area contributed by atoms with Crippen LogP contribution in [-0.2, 0) is 0 Å². The first kappa shape index (κ1) is 9.44. The second kappa shape index (κ2) is 3.95. The lowest BCUT2D eigenvalue weighted by atomic mass is 10.3. The van der Waals surface area contributed by atoms with Gasteiger partial charge in [-0.15, -0.1) is 0 Å². The third-order valence-electron chi connectivity index (χ3n) is 1.55. The van der Waals surface area contributed by atoms with Gasteiger partial charge in [0.15, 0.2) is 0 Å². The van der Waals surface area contributed by atoms with E-state index in [4.69, 9.17) is 32.4 Å². The lowest BCUT2D eigenvalue weighted by molar-refractivity contribution is 0.347. The molecule has 0 atom stereocenters. The van der Waals surface area contributed by atoms with E-state index < -0.39 is 0 Å². The summed E-state index contributed by atoms with van der Waals surface area (Å²) >= 11 is 11.6. The van der Waals surface area contributed by atoms with Gasteiger partial charge in [0.2, 0.25) is 0 Å². The SMILES string of the molecule is Clc1cc(Cl)cc(Oc2ccco2)c1. The molecule has 0 radical (unpaired) electrons. The number of hydrogen-bond donors (Lipinski definition) is 0. The molecular weight excluding hydrogens is 223 g/mol. The van der Waals surface area contributed by atoms with Gasteiger partial charge in [0.25, 0.3) is 5.95 Å². The molecule has 0 fully saturated rings. The lowest BCUT2D eigenvalue weighted by Crippen LogP contribution is -1.81.